The van der Waals surface area contributed by atoms with Gasteiger partial charge < -0.3 is 15.0 Å². The Morgan fingerprint density at radius 2 is 1.67 bits per heavy atom. The largest absolute Gasteiger partial charge is 0.477 e. The van der Waals surface area contributed by atoms with Crippen LogP contribution in [0.1, 0.15) is 22.8 Å². The molecule has 1 aliphatic rings. The first kappa shape index (κ1) is 25.2. The van der Waals surface area contributed by atoms with E-state index >= 15 is 0 Å². The monoisotopic (exact) mass is 507 g/mol. The van der Waals surface area contributed by atoms with Crippen LogP contribution >= 0.6 is 0 Å². The van der Waals surface area contributed by atoms with Crippen molar-refractivity contribution in [1.82, 2.24) is 5.32 Å². The van der Waals surface area contributed by atoms with Crippen LogP contribution in [0.4, 0.5) is 11.4 Å². The summed E-state index contributed by atoms with van der Waals surface area (Å²) in [5.41, 5.74) is 2.53. The molecule has 8 nitrogen and oxygen atoms in total. The van der Waals surface area contributed by atoms with Gasteiger partial charge in [-0.1, -0.05) is 42.5 Å². The molecule has 0 saturated heterocycles. The minimum Gasteiger partial charge on any atom is -0.477 e. The first-order valence-corrected chi connectivity index (χ1v) is 13.4. The number of hydrogen-bond acceptors (Lipinski definition) is 5. The number of hydrogen-bond donors (Lipinski definition) is 1. The van der Waals surface area contributed by atoms with Gasteiger partial charge in [-0.3, -0.25) is 13.9 Å². The molecule has 188 valence electrons. The lowest BCUT2D eigenvalue weighted by molar-refractivity contribution is -0.127. The van der Waals surface area contributed by atoms with E-state index < -0.39 is 16.1 Å². The average Bonchev–Trinajstić information content (AvgIpc) is 2.92. The van der Waals surface area contributed by atoms with E-state index in [4.69, 9.17) is 4.74 Å². The number of amides is 2. The zero-order valence-electron chi connectivity index (χ0n) is 20.3. The second-order valence-electron chi connectivity index (χ2n) is 8.43. The Hall–Kier alpha value is -3.85. The summed E-state index contributed by atoms with van der Waals surface area (Å²) in [4.78, 5) is 27.9. The van der Waals surface area contributed by atoms with E-state index in [-0.39, 0.29) is 24.1 Å². The molecule has 0 aromatic heterocycles. The van der Waals surface area contributed by atoms with Gasteiger partial charge in [0, 0.05) is 19.2 Å². The fourth-order valence-electron chi connectivity index (χ4n) is 3.98. The highest BCUT2D eigenvalue weighted by atomic mass is 32.2. The van der Waals surface area contributed by atoms with Crippen LogP contribution in [0.2, 0.25) is 0 Å². The van der Waals surface area contributed by atoms with Crippen LogP contribution in [0.15, 0.2) is 78.9 Å². The molecule has 1 N–H and O–H groups in total. The van der Waals surface area contributed by atoms with Gasteiger partial charge in [-0.2, -0.15) is 0 Å². The van der Waals surface area contributed by atoms with Gasteiger partial charge in [-0.25, -0.2) is 8.42 Å². The molecule has 0 unspecified atom stereocenters. The van der Waals surface area contributed by atoms with Gasteiger partial charge in [0.15, 0.2) is 6.10 Å². The molecule has 2 amide bonds. The lowest BCUT2D eigenvalue weighted by Crippen LogP contribution is -2.51. The molecule has 1 heterocycles. The maximum Gasteiger partial charge on any atom is 0.262 e. The van der Waals surface area contributed by atoms with E-state index in [0.29, 0.717) is 35.7 Å². The average molecular weight is 508 g/mol. The van der Waals surface area contributed by atoms with Crippen molar-refractivity contribution in [1.29, 1.82) is 0 Å². The van der Waals surface area contributed by atoms with Crippen LogP contribution in [-0.4, -0.2) is 52.2 Å². The summed E-state index contributed by atoms with van der Waals surface area (Å²) >= 11 is 0. The van der Waals surface area contributed by atoms with Crippen molar-refractivity contribution < 1.29 is 22.7 Å². The van der Waals surface area contributed by atoms with E-state index in [2.05, 4.69) is 5.32 Å². The zero-order chi connectivity index (χ0) is 25.7. The van der Waals surface area contributed by atoms with Crippen LogP contribution in [0, 0.1) is 0 Å². The maximum absolute atomic E-state index is 13.5. The number of carbonyl (C=O) groups is 2. The van der Waals surface area contributed by atoms with Gasteiger partial charge in [0.25, 0.3) is 11.8 Å². The molecule has 1 atom stereocenters. The standard InChI is InChI=1S/C27H29N3O5S/c1-3-36(33,34)29(2)22-15-13-21(14-16-22)27(32)30-19-25(35-24-12-8-7-11-23(24)30)26(31)28-18-17-20-9-5-4-6-10-20/h4-16,25H,3,17-19H2,1-2H3,(H,28,31)/t25-/m1/s1. The number of anilines is 2. The Labute approximate surface area is 211 Å². The number of rotatable bonds is 8. The molecule has 3 aromatic rings. The summed E-state index contributed by atoms with van der Waals surface area (Å²) in [6.45, 7) is 2.08. The van der Waals surface area contributed by atoms with E-state index in [1.54, 1.807) is 55.5 Å². The molecule has 1 aliphatic heterocycles. The van der Waals surface area contributed by atoms with Gasteiger partial charge in [0.2, 0.25) is 10.0 Å². The van der Waals surface area contributed by atoms with Crippen LogP contribution in [0.5, 0.6) is 5.75 Å². The Morgan fingerprint density at radius 1 is 1.00 bits per heavy atom. The number of nitrogens with one attached hydrogen (secondary N) is 1. The Balaban J connectivity index is 1.49. The third-order valence-corrected chi connectivity index (χ3v) is 7.90. The van der Waals surface area contributed by atoms with Gasteiger partial charge in [0.05, 0.1) is 23.7 Å². The molecule has 36 heavy (non-hydrogen) atoms. The second-order valence-corrected chi connectivity index (χ2v) is 10.7. The predicted molar refractivity (Wildman–Crippen MR) is 140 cm³/mol. The Bertz CT molecular complexity index is 1330. The van der Waals surface area contributed by atoms with Crippen molar-refractivity contribution in [2.75, 3.05) is 35.1 Å². The van der Waals surface area contributed by atoms with Crippen molar-refractivity contribution in [3.05, 3.63) is 90.0 Å². The zero-order valence-corrected chi connectivity index (χ0v) is 21.1. The van der Waals surface area contributed by atoms with Crippen molar-refractivity contribution in [2.24, 2.45) is 0 Å². The number of fused-ring (bicyclic) bond motifs is 1. The third kappa shape index (κ3) is 5.52. The number of sulfonamides is 1. The first-order chi connectivity index (χ1) is 17.3. The molecular formula is C27H29N3O5S. The summed E-state index contributed by atoms with van der Waals surface area (Å²) in [7, 11) is -1.93. The fourth-order valence-corrected chi connectivity index (χ4v) is 4.81. The second kappa shape index (κ2) is 10.8. The number of para-hydroxylation sites is 2. The van der Waals surface area contributed by atoms with Gasteiger partial charge in [-0.05, 0) is 55.3 Å². The SMILES string of the molecule is CCS(=O)(=O)N(C)c1ccc(C(=O)N2C[C@H](C(=O)NCCc3ccccc3)Oc3ccccc32)cc1. The molecular weight excluding hydrogens is 478 g/mol. The lowest BCUT2D eigenvalue weighted by atomic mass is 10.1. The highest BCUT2D eigenvalue weighted by molar-refractivity contribution is 7.92. The van der Waals surface area contributed by atoms with Crippen molar-refractivity contribution in [3.8, 4) is 5.75 Å². The smallest absolute Gasteiger partial charge is 0.262 e. The normalized spacial score (nSPS) is 14.9. The van der Waals surface area contributed by atoms with Gasteiger partial charge in [0.1, 0.15) is 5.75 Å². The van der Waals surface area contributed by atoms with Gasteiger partial charge in [-0.15, -0.1) is 0 Å². The number of carbonyl (C=O) groups excluding carboxylic acids is 2. The molecule has 0 bridgehead atoms. The third-order valence-electron chi connectivity index (χ3n) is 6.13. The Kier molecular flexibility index (Phi) is 7.59. The molecule has 0 spiro atoms. The van der Waals surface area contributed by atoms with Crippen molar-refractivity contribution in [2.45, 2.75) is 19.4 Å². The predicted octanol–water partition coefficient (Wildman–Crippen LogP) is 3.24. The topological polar surface area (TPSA) is 96.0 Å². The number of benzene rings is 3. The number of ether oxygens (including phenoxy) is 1. The summed E-state index contributed by atoms with van der Waals surface area (Å²) < 4.78 is 31.4. The maximum atomic E-state index is 13.5. The molecule has 0 radical (unpaired) electrons. The summed E-state index contributed by atoms with van der Waals surface area (Å²) in [5.74, 6) is -0.171. The van der Waals surface area contributed by atoms with Gasteiger partial charge >= 0.3 is 0 Å². The molecule has 4 rings (SSSR count). The highest BCUT2D eigenvalue weighted by Gasteiger charge is 2.34. The quantitative estimate of drug-likeness (QED) is 0.505. The molecule has 0 saturated carbocycles. The van der Waals surface area contributed by atoms with E-state index in [0.717, 1.165) is 5.56 Å². The summed E-state index contributed by atoms with van der Waals surface area (Å²) in [6.07, 6.45) is -0.174. The van der Waals surface area contributed by atoms with E-state index in [9.17, 15) is 18.0 Å². The minimum atomic E-state index is -3.41. The van der Waals surface area contributed by atoms with E-state index in [1.807, 2.05) is 30.3 Å². The van der Waals surface area contributed by atoms with Crippen molar-refractivity contribution in [3.63, 3.8) is 0 Å². The van der Waals surface area contributed by atoms with Crippen LogP contribution in [-0.2, 0) is 21.2 Å². The molecule has 9 heteroatoms. The highest BCUT2D eigenvalue weighted by Crippen LogP contribution is 2.34. The van der Waals surface area contributed by atoms with Crippen LogP contribution < -0.4 is 19.3 Å². The first-order valence-electron chi connectivity index (χ1n) is 11.8. The molecule has 3 aromatic carbocycles. The minimum absolute atomic E-state index is 0.0243. The lowest BCUT2D eigenvalue weighted by Gasteiger charge is -2.34. The van der Waals surface area contributed by atoms with Crippen LogP contribution in [0.3, 0.4) is 0 Å². The summed E-state index contributed by atoms with van der Waals surface area (Å²) in [5, 5.41) is 2.91. The van der Waals surface area contributed by atoms with Crippen LogP contribution in [0.25, 0.3) is 0 Å². The number of nitrogens with zero attached hydrogens (tertiary/aromatic N) is 2. The van der Waals surface area contributed by atoms with E-state index in [1.165, 1.54) is 16.3 Å². The Morgan fingerprint density at radius 3 is 2.36 bits per heavy atom. The molecule has 0 fully saturated rings. The molecule has 0 aliphatic carbocycles. The fraction of sp³-hybridized carbons (Fsp3) is 0.259. The van der Waals surface area contributed by atoms with Crippen molar-refractivity contribution >= 4 is 33.2 Å². The summed E-state index contributed by atoms with van der Waals surface area (Å²) in [6, 6.07) is 23.3.